The highest BCUT2D eigenvalue weighted by Crippen LogP contribution is 2.33. The maximum Gasteiger partial charge on any atom is 0.252 e. The maximum absolute atomic E-state index is 12.7. The first kappa shape index (κ1) is 25.4. The fraction of sp³-hybridized carbons (Fsp3) is 0.348. The van der Waals surface area contributed by atoms with Crippen LogP contribution in [-0.4, -0.2) is 38.9 Å². The number of anilines is 1. The molecular weight excluding hydrogens is 525 g/mol. The standard InChI is InChI=1S/C23H28IN3O5/c1-6-32-21-18(24)11-15(12-19(21)31-5)13-25-27-23(29)20(14(2)3)22(28)26-16-7-9-17(30-4)10-8-16/h7-14,20H,6H2,1-5H3,(H,26,28)(H,27,29). The molecule has 0 aliphatic rings. The van der Waals surface area contributed by atoms with Crippen molar-refractivity contribution in [2.24, 2.45) is 16.9 Å². The summed E-state index contributed by atoms with van der Waals surface area (Å²) in [4.78, 5) is 25.4. The van der Waals surface area contributed by atoms with Crippen LogP contribution in [0.15, 0.2) is 41.5 Å². The number of benzene rings is 2. The molecule has 0 aliphatic carbocycles. The number of hydrazone groups is 1. The number of carbonyl (C=O) groups excluding carboxylic acids is 2. The van der Waals surface area contributed by atoms with Crippen LogP contribution in [0, 0.1) is 15.4 Å². The quantitative estimate of drug-likeness (QED) is 0.200. The van der Waals surface area contributed by atoms with E-state index in [9.17, 15) is 9.59 Å². The largest absolute Gasteiger partial charge is 0.497 e. The lowest BCUT2D eigenvalue weighted by molar-refractivity contribution is -0.134. The SMILES string of the molecule is CCOc1c(I)cc(C=NNC(=O)C(C(=O)Nc2ccc(OC)cc2)C(C)C)cc1OC. The Balaban J connectivity index is 2.08. The van der Waals surface area contributed by atoms with E-state index >= 15 is 0 Å². The highest BCUT2D eigenvalue weighted by molar-refractivity contribution is 14.1. The van der Waals surface area contributed by atoms with Crippen LogP contribution in [0.3, 0.4) is 0 Å². The number of amides is 2. The molecule has 0 aliphatic heterocycles. The molecule has 8 nitrogen and oxygen atoms in total. The van der Waals surface area contributed by atoms with Crippen molar-refractivity contribution in [1.29, 1.82) is 0 Å². The Morgan fingerprint density at radius 2 is 1.78 bits per heavy atom. The van der Waals surface area contributed by atoms with Gasteiger partial charge in [-0.1, -0.05) is 13.8 Å². The summed E-state index contributed by atoms with van der Waals surface area (Å²) in [6.07, 6.45) is 1.50. The fourth-order valence-electron chi connectivity index (χ4n) is 2.96. The van der Waals surface area contributed by atoms with Gasteiger partial charge in [-0.2, -0.15) is 5.10 Å². The first-order chi connectivity index (χ1) is 15.3. The predicted molar refractivity (Wildman–Crippen MR) is 133 cm³/mol. The van der Waals surface area contributed by atoms with Crippen molar-refractivity contribution in [1.82, 2.24) is 5.43 Å². The Kier molecular flexibility index (Phi) is 9.76. The zero-order valence-corrected chi connectivity index (χ0v) is 20.9. The summed E-state index contributed by atoms with van der Waals surface area (Å²) in [5.41, 5.74) is 3.77. The number of carbonyl (C=O) groups is 2. The van der Waals surface area contributed by atoms with E-state index in [1.54, 1.807) is 58.4 Å². The normalized spacial score (nSPS) is 11.8. The third-order valence-electron chi connectivity index (χ3n) is 4.52. The lowest BCUT2D eigenvalue weighted by Gasteiger charge is -2.18. The predicted octanol–water partition coefficient (Wildman–Crippen LogP) is 4.07. The molecule has 0 spiro atoms. The molecule has 0 fully saturated rings. The topological polar surface area (TPSA) is 98.2 Å². The zero-order chi connectivity index (χ0) is 23.7. The fourth-order valence-corrected chi connectivity index (χ4v) is 3.74. The second kappa shape index (κ2) is 12.3. The molecule has 1 unspecified atom stereocenters. The summed E-state index contributed by atoms with van der Waals surface area (Å²) in [5.74, 6) is -0.127. The summed E-state index contributed by atoms with van der Waals surface area (Å²) < 4.78 is 17.0. The van der Waals surface area contributed by atoms with Gasteiger partial charge >= 0.3 is 0 Å². The van der Waals surface area contributed by atoms with Crippen LogP contribution in [-0.2, 0) is 9.59 Å². The van der Waals surface area contributed by atoms with Crippen molar-refractivity contribution in [2.75, 3.05) is 26.1 Å². The van der Waals surface area contributed by atoms with Crippen LogP contribution < -0.4 is 25.0 Å². The van der Waals surface area contributed by atoms with E-state index in [4.69, 9.17) is 14.2 Å². The monoisotopic (exact) mass is 553 g/mol. The second-order valence-electron chi connectivity index (χ2n) is 7.14. The van der Waals surface area contributed by atoms with Gasteiger partial charge in [0.1, 0.15) is 11.7 Å². The van der Waals surface area contributed by atoms with Crippen LogP contribution >= 0.6 is 22.6 Å². The molecule has 172 valence electrons. The average Bonchev–Trinajstić information content (AvgIpc) is 2.75. The minimum atomic E-state index is -0.913. The number of methoxy groups -OCH3 is 2. The number of hydrogen-bond donors (Lipinski definition) is 2. The molecule has 2 amide bonds. The maximum atomic E-state index is 12.7. The highest BCUT2D eigenvalue weighted by Gasteiger charge is 2.30. The smallest absolute Gasteiger partial charge is 0.252 e. The number of ether oxygens (including phenoxy) is 3. The van der Waals surface area contributed by atoms with E-state index in [0.717, 1.165) is 9.13 Å². The van der Waals surface area contributed by atoms with Crippen LogP contribution in [0.5, 0.6) is 17.2 Å². The van der Waals surface area contributed by atoms with E-state index in [2.05, 4.69) is 38.4 Å². The highest BCUT2D eigenvalue weighted by atomic mass is 127. The number of nitrogens with one attached hydrogen (secondary N) is 2. The van der Waals surface area contributed by atoms with Gasteiger partial charge in [-0.3, -0.25) is 9.59 Å². The van der Waals surface area contributed by atoms with Crippen molar-refractivity contribution < 1.29 is 23.8 Å². The minimum absolute atomic E-state index is 0.227. The van der Waals surface area contributed by atoms with E-state index in [1.165, 1.54) is 6.21 Å². The van der Waals surface area contributed by atoms with Gasteiger partial charge in [0.15, 0.2) is 11.5 Å². The molecular formula is C23H28IN3O5. The molecule has 9 heteroatoms. The third kappa shape index (κ3) is 6.84. The Labute approximate surface area is 201 Å². The van der Waals surface area contributed by atoms with Gasteiger partial charge in [0.2, 0.25) is 5.91 Å². The van der Waals surface area contributed by atoms with Crippen molar-refractivity contribution in [3.05, 3.63) is 45.5 Å². The molecule has 2 N–H and O–H groups in total. The molecule has 1 atom stereocenters. The molecule has 0 saturated carbocycles. The van der Waals surface area contributed by atoms with Crippen LogP contribution in [0.2, 0.25) is 0 Å². The molecule has 0 bridgehead atoms. The van der Waals surface area contributed by atoms with Gasteiger partial charge in [-0.15, -0.1) is 0 Å². The number of nitrogens with zero attached hydrogens (tertiary/aromatic N) is 1. The lowest BCUT2D eigenvalue weighted by atomic mass is 9.94. The van der Waals surface area contributed by atoms with Crippen molar-refractivity contribution >= 4 is 46.3 Å². The molecule has 0 radical (unpaired) electrons. The summed E-state index contributed by atoms with van der Waals surface area (Å²) >= 11 is 2.15. The summed E-state index contributed by atoms with van der Waals surface area (Å²) in [6.45, 7) is 6.03. The molecule has 2 rings (SSSR count). The number of halogens is 1. The lowest BCUT2D eigenvalue weighted by Crippen LogP contribution is -2.39. The third-order valence-corrected chi connectivity index (χ3v) is 5.32. The first-order valence-corrected chi connectivity index (χ1v) is 11.2. The average molecular weight is 553 g/mol. The van der Waals surface area contributed by atoms with Gasteiger partial charge in [0, 0.05) is 5.69 Å². The van der Waals surface area contributed by atoms with Crippen molar-refractivity contribution in [2.45, 2.75) is 20.8 Å². The molecule has 2 aromatic carbocycles. The second-order valence-corrected chi connectivity index (χ2v) is 8.30. The van der Waals surface area contributed by atoms with Crippen LogP contribution in [0.1, 0.15) is 26.3 Å². The summed E-state index contributed by atoms with van der Waals surface area (Å²) in [7, 11) is 3.13. The van der Waals surface area contributed by atoms with E-state index in [1.807, 2.05) is 13.0 Å². The molecule has 0 aromatic heterocycles. The van der Waals surface area contributed by atoms with Crippen LogP contribution in [0.4, 0.5) is 5.69 Å². The van der Waals surface area contributed by atoms with E-state index in [0.29, 0.717) is 29.5 Å². The Morgan fingerprint density at radius 3 is 2.34 bits per heavy atom. The first-order valence-electron chi connectivity index (χ1n) is 10.1. The summed E-state index contributed by atoms with van der Waals surface area (Å²) in [6, 6.07) is 10.5. The Hall–Kier alpha value is -2.82. The minimum Gasteiger partial charge on any atom is -0.497 e. The molecule has 32 heavy (non-hydrogen) atoms. The number of rotatable bonds is 10. The van der Waals surface area contributed by atoms with Gasteiger partial charge in [0.05, 0.1) is 30.6 Å². The number of hydrogen-bond acceptors (Lipinski definition) is 6. The molecule has 2 aromatic rings. The van der Waals surface area contributed by atoms with E-state index < -0.39 is 17.7 Å². The Bertz CT molecular complexity index is 961. The van der Waals surface area contributed by atoms with Gasteiger partial charge in [-0.25, -0.2) is 5.43 Å². The molecule has 0 heterocycles. The van der Waals surface area contributed by atoms with Crippen molar-refractivity contribution in [3.8, 4) is 17.2 Å². The van der Waals surface area contributed by atoms with E-state index in [-0.39, 0.29) is 5.92 Å². The van der Waals surface area contributed by atoms with Gasteiger partial charge < -0.3 is 19.5 Å². The van der Waals surface area contributed by atoms with Crippen molar-refractivity contribution in [3.63, 3.8) is 0 Å². The Morgan fingerprint density at radius 1 is 1.09 bits per heavy atom. The van der Waals surface area contributed by atoms with Gasteiger partial charge in [-0.05, 0) is 77.4 Å². The zero-order valence-electron chi connectivity index (χ0n) is 18.8. The van der Waals surface area contributed by atoms with Gasteiger partial charge in [0.25, 0.3) is 5.91 Å². The summed E-state index contributed by atoms with van der Waals surface area (Å²) in [5, 5.41) is 6.79. The van der Waals surface area contributed by atoms with Crippen LogP contribution in [0.25, 0.3) is 0 Å². The molecule has 0 saturated heterocycles.